The van der Waals surface area contributed by atoms with Crippen LogP contribution in [-0.2, 0) is 0 Å². The Balaban J connectivity index is 1.30. The molecule has 1 aliphatic carbocycles. The molecule has 1 aliphatic rings. The lowest BCUT2D eigenvalue weighted by Gasteiger charge is -2.34. The van der Waals surface area contributed by atoms with Crippen LogP contribution in [0.1, 0.15) is 18.9 Å². The van der Waals surface area contributed by atoms with Crippen molar-refractivity contribution in [2.75, 3.05) is 4.90 Å². The molecular formula is C37H29NS. The van der Waals surface area contributed by atoms with Crippen LogP contribution in [0.2, 0.25) is 0 Å². The summed E-state index contributed by atoms with van der Waals surface area (Å²) in [6.45, 7) is 2.36. The Morgan fingerprint density at radius 2 is 1.23 bits per heavy atom. The average Bonchev–Trinajstić information content (AvgIpc) is 3.38. The van der Waals surface area contributed by atoms with Gasteiger partial charge in [0.25, 0.3) is 0 Å². The van der Waals surface area contributed by atoms with Crippen molar-refractivity contribution in [3.8, 4) is 11.1 Å². The van der Waals surface area contributed by atoms with E-state index < -0.39 is 0 Å². The molecule has 0 radical (unpaired) electrons. The molecule has 1 heterocycles. The molecule has 0 bridgehead atoms. The average molecular weight is 520 g/mol. The molecule has 0 aliphatic heterocycles. The third kappa shape index (κ3) is 4.37. The van der Waals surface area contributed by atoms with Crippen LogP contribution in [0.5, 0.6) is 0 Å². The molecule has 1 atom stereocenters. The molecule has 0 saturated carbocycles. The van der Waals surface area contributed by atoms with Crippen molar-refractivity contribution >= 4 is 48.5 Å². The highest BCUT2D eigenvalue weighted by atomic mass is 32.1. The fraction of sp³-hybridized carbons (Fsp3) is 0.0811. The Hall–Kier alpha value is -4.40. The van der Waals surface area contributed by atoms with Gasteiger partial charge in [-0.2, -0.15) is 0 Å². The number of allylic oxidation sites excluding steroid dienone is 4. The molecule has 188 valence electrons. The van der Waals surface area contributed by atoms with E-state index in [4.69, 9.17) is 0 Å². The van der Waals surface area contributed by atoms with Gasteiger partial charge in [-0.25, -0.2) is 0 Å². The van der Waals surface area contributed by atoms with E-state index in [0.29, 0.717) is 5.92 Å². The Morgan fingerprint density at radius 3 is 2.00 bits per heavy atom. The van der Waals surface area contributed by atoms with Gasteiger partial charge in [0.05, 0.1) is 0 Å². The standard InChI is InChI=1S/C37H29NS/c1-26-25-29(32-16-10-17-34-33-15-8-9-18-36(33)39-37(32)34)21-24-35(26)38(30-13-6-3-7-14-30)31-22-19-28(20-23-31)27-11-4-2-5-12-27/h2-24,26H,25H2,1H3. The van der Waals surface area contributed by atoms with Crippen molar-refractivity contribution in [1.29, 1.82) is 0 Å². The number of hydrogen-bond acceptors (Lipinski definition) is 2. The van der Waals surface area contributed by atoms with Crippen molar-refractivity contribution in [1.82, 2.24) is 0 Å². The fourth-order valence-corrected chi connectivity index (χ4v) is 7.06. The number of benzene rings is 5. The summed E-state index contributed by atoms with van der Waals surface area (Å²) in [4.78, 5) is 2.42. The highest BCUT2D eigenvalue weighted by molar-refractivity contribution is 7.26. The van der Waals surface area contributed by atoms with Crippen LogP contribution in [0, 0.1) is 5.92 Å². The maximum absolute atomic E-state index is 2.42. The molecule has 39 heavy (non-hydrogen) atoms. The Bertz CT molecular complexity index is 1830. The molecule has 0 spiro atoms. The van der Waals surface area contributed by atoms with Crippen molar-refractivity contribution in [3.05, 3.63) is 151 Å². The van der Waals surface area contributed by atoms with Crippen molar-refractivity contribution in [3.63, 3.8) is 0 Å². The fourth-order valence-electron chi connectivity index (χ4n) is 5.81. The maximum atomic E-state index is 2.42. The second-order valence-corrected chi connectivity index (χ2v) is 11.3. The summed E-state index contributed by atoms with van der Waals surface area (Å²) in [6.07, 6.45) is 5.70. The summed E-state index contributed by atoms with van der Waals surface area (Å²) in [7, 11) is 0. The first kappa shape index (κ1) is 23.7. The molecule has 1 nitrogen and oxygen atoms in total. The third-order valence-corrected chi connectivity index (χ3v) is 8.96. The summed E-state index contributed by atoms with van der Waals surface area (Å²) in [6, 6.07) is 45.8. The van der Waals surface area contributed by atoms with E-state index in [1.165, 1.54) is 59.5 Å². The van der Waals surface area contributed by atoms with Crippen LogP contribution in [0.15, 0.2) is 145 Å². The second-order valence-electron chi connectivity index (χ2n) is 10.3. The molecule has 0 fully saturated rings. The Morgan fingerprint density at radius 1 is 0.590 bits per heavy atom. The first-order valence-electron chi connectivity index (χ1n) is 13.6. The molecule has 0 amide bonds. The predicted octanol–water partition coefficient (Wildman–Crippen LogP) is 10.9. The minimum atomic E-state index is 0.364. The smallest absolute Gasteiger partial charge is 0.0458 e. The lowest BCUT2D eigenvalue weighted by atomic mass is 9.87. The molecule has 0 N–H and O–H groups in total. The summed E-state index contributed by atoms with van der Waals surface area (Å²) < 4.78 is 2.75. The molecule has 0 saturated heterocycles. The molecule has 1 unspecified atom stereocenters. The van der Waals surface area contributed by atoms with Crippen LogP contribution in [0.4, 0.5) is 11.4 Å². The second kappa shape index (κ2) is 10.1. The van der Waals surface area contributed by atoms with Gasteiger partial charge in [0.2, 0.25) is 0 Å². The highest BCUT2D eigenvalue weighted by Crippen LogP contribution is 2.43. The number of hydrogen-bond donors (Lipinski definition) is 0. The van der Waals surface area contributed by atoms with E-state index in [2.05, 4.69) is 151 Å². The Labute approximate surface area is 234 Å². The summed E-state index contributed by atoms with van der Waals surface area (Å²) in [5.74, 6) is 0.364. The predicted molar refractivity (Wildman–Crippen MR) is 170 cm³/mol. The van der Waals surface area contributed by atoms with Gasteiger partial charge in [-0.1, -0.05) is 110 Å². The summed E-state index contributed by atoms with van der Waals surface area (Å²) in [5, 5.41) is 2.72. The summed E-state index contributed by atoms with van der Waals surface area (Å²) >= 11 is 1.91. The lowest BCUT2D eigenvalue weighted by Crippen LogP contribution is -2.23. The minimum absolute atomic E-state index is 0.364. The van der Waals surface area contributed by atoms with Crippen molar-refractivity contribution in [2.24, 2.45) is 5.92 Å². The van der Waals surface area contributed by atoms with Gasteiger partial charge < -0.3 is 4.90 Å². The molecule has 7 rings (SSSR count). The zero-order valence-corrected chi connectivity index (χ0v) is 22.7. The zero-order chi connectivity index (χ0) is 26.2. The first-order valence-corrected chi connectivity index (χ1v) is 14.4. The van der Waals surface area contributed by atoms with Crippen molar-refractivity contribution < 1.29 is 0 Å². The molecular weight excluding hydrogens is 490 g/mol. The topological polar surface area (TPSA) is 3.24 Å². The highest BCUT2D eigenvalue weighted by Gasteiger charge is 2.24. The number of thiophene rings is 1. The van der Waals surface area contributed by atoms with Crippen LogP contribution >= 0.6 is 11.3 Å². The van der Waals surface area contributed by atoms with E-state index in [1.54, 1.807) is 0 Å². The van der Waals surface area contributed by atoms with E-state index in [9.17, 15) is 0 Å². The van der Waals surface area contributed by atoms with Gasteiger partial charge in [-0.15, -0.1) is 11.3 Å². The third-order valence-electron chi connectivity index (χ3n) is 7.74. The van der Waals surface area contributed by atoms with Gasteiger partial charge in [0.15, 0.2) is 0 Å². The molecule has 5 aromatic carbocycles. The monoisotopic (exact) mass is 519 g/mol. The lowest BCUT2D eigenvalue weighted by molar-refractivity contribution is 0.680. The van der Waals surface area contributed by atoms with Gasteiger partial charge in [-0.05, 0) is 65.1 Å². The van der Waals surface area contributed by atoms with Gasteiger partial charge >= 0.3 is 0 Å². The SMILES string of the molecule is CC1CC(c2cccc3c2sc2ccccc23)=CC=C1N(c1ccccc1)c1ccc(-c2ccccc2)cc1. The number of para-hydroxylation sites is 1. The van der Waals surface area contributed by atoms with Crippen LogP contribution in [0.25, 0.3) is 36.9 Å². The minimum Gasteiger partial charge on any atom is -0.314 e. The largest absolute Gasteiger partial charge is 0.314 e. The van der Waals surface area contributed by atoms with Gasteiger partial charge in [0.1, 0.15) is 0 Å². The number of anilines is 2. The van der Waals surface area contributed by atoms with E-state index in [-0.39, 0.29) is 0 Å². The van der Waals surface area contributed by atoms with Crippen LogP contribution < -0.4 is 4.90 Å². The first-order chi connectivity index (χ1) is 19.3. The van der Waals surface area contributed by atoms with Crippen LogP contribution in [0.3, 0.4) is 0 Å². The quantitative estimate of drug-likeness (QED) is 0.219. The number of rotatable bonds is 5. The normalized spacial score (nSPS) is 15.3. The molecule has 1 aromatic heterocycles. The van der Waals surface area contributed by atoms with Crippen LogP contribution in [-0.4, -0.2) is 0 Å². The van der Waals surface area contributed by atoms with E-state index in [0.717, 1.165) is 6.42 Å². The maximum Gasteiger partial charge on any atom is 0.0458 e. The van der Waals surface area contributed by atoms with Gasteiger partial charge in [-0.3, -0.25) is 0 Å². The van der Waals surface area contributed by atoms with Crippen molar-refractivity contribution in [2.45, 2.75) is 13.3 Å². The summed E-state index contributed by atoms with van der Waals surface area (Å²) in [5.41, 5.74) is 8.94. The van der Waals surface area contributed by atoms with Gasteiger partial charge in [0, 0.05) is 43.2 Å². The zero-order valence-electron chi connectivity index (χ0n) is 21.9. The van der Waals surface area contributed by atoms with E-state index in [1.807, 2.05) is 11.3 Å². The number of fused-ring (bicyclic) bond motifs is 3. The Kier molecular flexibility index (Phi) is 6.11. The molecule has 2 heteroatoms. The van der Waals surface area contributed by atoms with E-state index >= 15 is 0 Å². The number of nitrogens with zero attached hydrogens (tertiary/aromatic N) is 1. The molecule has 6 aromatic rings.